The first-order valence-electron chi connectivity index (χ1n) is 7.88. The molecule has 0 spiro atoms. The Balaban J connectivity index is 2.08. The molecule has 0 saturated heterocycles. The SMILES string of the molecule is CC(C)(C)NCC1(Cc2ccc(F)cc2)CCCCC1. The summed E-state index contributed by atoms with van der Waals surface area (Å²) in [5, 5.41) is 3.69. The van der Waals surface area contributed by atoms with Gasteiger partial charge in [0.15, 0.2) is 0 Å². The Labute approximate surface area is 123 Å². The molecule has 112 valence electrons. The Bertz CT molecular complexity index is 410. The summed E-state index contributed by atoms with van der Waals surface area (Å²) in [6, 6.07) is 7.07. The highest BCUT2D eigenvalue weighted by molar-refractivity contribution is 5.18. The van der Waals surface area contributed by atoms with E-state index in [-0.39, 0.29) is 11.4 Å². The summed E-state index contributed by atoms with van der Waals surface area (Å²) in [6.07, 6.45) is 7.65. The molecule has 2 heteroatoms. The molecule has 1 aromatic carbocycles. The average molecular weight is 277 g/mol. The van der Waals surface area contributed by atoms with Gasteiger partial charge in [-0.05, 0) is 63.1 Å². The van der Waals surface area contributed by atoms with Crippen LogP contribution in [-0.2, 0) is 6.42 Å². The molecule has 0 bridgehead atoms. The van der Waals surface area contributed by atoms with E-state index >= 15 is 0 Å². The summed E-state index contributed by atoms with van der Waals surface area (Å²) in [5.74, 6) is -0.140. The van der Waals surface area contributed by atoms with Crippen LogP contribution < -0.4 is 5.32 Å². The molecule has 1 saturated carbocycles. The van der Waals surface area contributed by atoms with Crippen LogP contribution in [0.25, 0.3) is 0 Å². The van der Waals surface area contributed by atoms with Gasteiger partial charge < -0.3 is 5.32 Å². The topological polar surface area (TPSA) is 12.0 Å². The molecule has 0 amide bonds. The van der Waals surface area contributed by atoms with Gasteiger partial charge in [-0.1, -0.05) is 31.4 Å². The fourth-order valence-corrected chi connectivity index (χ4v) is 3.21. The summed E-state index contributed by atoms with van der Waals surface area (Å²) in [5.41, 5.74) is 1.78. The lowest BCUT2D eigenvalue weighted by Crippen LogP contribution is -2.45. The molecule has 0 unspecified atom stereocenters. The Kier molecular flexibility index (Phi) is 4.85. The van der Waals surface area contributed by atoms with Gasteiger partial charge in [0.2, 0.25) is 0 Å². The summed E-state index contributed by atoms with van der Waals surface area (Å²) < 4.78 is 13.1. The minimum atomic E-state index is -0.140. The van der Waals surface area contributed by atoms with E-state index in [0.717, 1.165) is 13.0 Å². The maximum atomic E-state index is 13.1. The molecule has 0 aromatic heterocycles. The highest BCUT2D eigenvalue weighted by Crippen LogP contribution is 2.39. The first-order valence-corrected chi connectivity index (χ1v) is 7.88. The zero-order valence-electron chi connectivity index (χ0n) is 13.1. The van der Waals surface area contributed by atoms with E-state index in [2.05, 4.69) is 26.1 Å². The second-order valence-corrected chi connectivity index (χ2v) is 7.47. The van der Waals surface area contributed by atoms with E-state index in [1.165, 1.54) is 37.7 Å². The van der Waals surface area contributed by atoms with Crippen molar-refractivity contribution >= 4 is 0 Å². The van der Waals surface area contributed by atoms with Crippen LogP contribution in [0.5, 0.6) is 0 Å². The van der Waals surface area contributed by atoms with E-state index in [1.807, 2.05) is 12.1 Å². The lowest BCUT2D eigenvalue weighted by Gasteiger charge is -2.40. The van der Waals surface area contributed by atoms with Crippen LogP contribution in [-0.4, -0.2) is 12.1 Å². The van der Waals surface area contributed by atoms with E-state index in [1.54, 1.807) is 12.1 Å². The first-order chi connectivity index (χ1) is 9.39. The van der Waals surface area contributed by atoms with Crippen molar-refractivity contribution in [3.05, 3.63) is 35.6 Å². The van der Waals surface area contributed by atoms with Gasteiger partial charge in [-0.15, -0.1) is 0 Å². The second kappa shape index (κ2) is 6.26. The molecule has 1 aliphatic carbocycles. The monoisotopic (exact) mass is 277 g/mol. The Morgan fingerprint density at radius 3 is 2.20 bits per heavy atom. The number of hydrogen-bond donors (Lipinski definition) is 1. The largest absolute Gasteiger partial charge is 0.312 e. The number of benzene rings is 1. The first kappa shape index (κ1) is 15.5. The molecule has 1 nitrogen and oxygen atoms in total. The van der Waals surface area contributed by atoms with E-state index in [4.69, 9.17) is 0 Å². The van der Waals surface area contributed by atoms with Crippen LogP contribution in [0.4, 0.5) is 4.39 Å². The van der Waals surface area contributed by atoms with Gasteiger partial charge in [-0.3, -0.25) is 0 Å². The van der Waals surface area contributed by atoms with Gasteiger partial charge >= 0.3 is 0 Å². The molecule has 2 rings (SSSR count). The van der Waals surface area contributed by atoms with Gasteiger partial charge in [-0.2, -0.15) is 0 Å². The maximum absolute atomic E-state index is 13.1. The van der Waals surface area contributed by atoms with Gasteiger partial charge in [0, 0.05) is 12.1 Å². The predicted octanol–water partition coefficient (Wildman–Crippen LogP) is 4.71. The number of hydrogen-bond acceptors (Lipinski definition) is 1. The van der Waals surface area contributed by atoms with Crippen molar-refractivity contribution in [2.75, 3.05) is 6.54 Å². The summed E-state index contributed by atoms with van der Waals surface area (Å²) >= 11 is 0. The Hall–Kier alpha value is -0.890. The van der Waals surface area contributed by atoms with Crippen LogP contribution in [0, 0.1) is 11.2 Å². The van der Waals surface area contributed by atoms with Crippen molar-refractivity contribution in [2.24, 2.45) is 5.41 Å². The third-order valence-corrected chi connectivity index (χ3v) is 4.40. The second-order valence-electron chi connectivity index (χ2n) is 7.47. The fraction of sp³-hybridized carbons (Fsp3) is 0.667. The highest BCUT2D eigenvalue weighted by atomic mass is 19.1. The molecule has 1 N–H and O–H groups in total. The molecule has 0 heterocycles. The van der Waals surface area contributed by atoms with Crippen molar-refractivity contribution in [3.8, 4) is 0 Å². The maximum Gasteiger partial charge on any atom is 0.123 e. The van der Waals surface area contributed by atoms with Crippen molar-refractivity contribution in [2.45, 2.75) is 64.8 Å². The van der Waals surface area contributed by atoms with Gasteiger partial charge in [0.05, 0.1) is 0 Å². The van der Waals surface area contributed by atoms with Crippen molar-refractivity contribution < 1.29 is 4.39 Å². The molecule has 1 aromatic rings. The summed E-state index contributed by atoms with van der Waals surface area (Å²) in [4.78, 5) is 0. The lowest BCUT2D eigenvalue weighted by atomic mass is 9.70. The van der Waals surface area contributed by atoms with Crippen LogP contribution in [0.1, 0.15) is 58.4 Å². The highest BCUT2D eigenvalue weighted by Gasteiger charge is 2.33. The van der Waals surface area contributed by atoms with Crippen molar-refractivity contribution in [1.29, 1.82) is 0 Å². The Morgan fingerprint density at radius 2 is 1.65 bits per heavy atom. The third-order valence-electron chi connectivity index (χ3n) is 4.40. The molecule has 0 radical (unpaired) electrons. The third kappa shape index (κ3) is 4.59. The number of nitrogens with one attached hydrogen (secondary N) is 1. The number of rotatable bonds is 4. The number of halogens is 1. The molecule has 20 heavy (non-hydrogen) atoms. The average Bonchev–Trinajstić information content (AvgIpc) is 2.40. The van der Waals surface area contributed by atoms with Gasteiger partial charge in [0.25, 0.3) is 0 Å². The smallest absolute Gasteiger partial charge is 0.123 e. The zero-order valence-corrected chi connectivity index (χ0v) is 13.1. The molecule has 1 fully saturated rings. The quantitative estimate of drug-likeness (QED) is 0.840. The lowest BCUT2D eigenvalue weighted by molar-refractivity contribution is 0.165. The van der Waals surface area contributed by atoms with Crippen LogP contribution in [0.15, 0.2) is 24.3 Å². The van der Waals surface area contributed by atoms with E-state index < -0.39 is 0 Å². The minimum absolute atomic E-state index is 0.140. The van der Waals surface area contributed by atoms with Gasteiger partial charge in [-0.25, -0.2) is 4.39 Å². The molecule has 0 atom stereocenters. The molecular weight excluding hydrogens is 249 g/mol. The van der Waals surface area contributed by atoms with Gasteiger partial charge in [0.1, 0.15) is 5.82 Å². The predicted molar refractivity (Wildman–Crippen MR) is 83.4 cm³/mol. The summed E-state index contributed by atoms with van der Waals surface area (Å²) in [6.45, 7) is 7.73. The van der Waals surface area contributed by atoms with Crippen molar-refractivity contribution in [1.82, 2.24) is 5.32 Å². The van der Waals surface area contributed by atoms with E-state index in [0.29, 0.717) is 5.41 Å². The molecular formula is C18H28FN. The fourth-order valence-electron chi connectivity index (χ4n) is 3.21. The van der Waals surface area contributed by atoms with Crippen LogP contribution in [0.3, 0.4) is 0 Å². The normalized spacial score (nSPS) is 19.0. The Morgan fingerprint density at radius 1 is 1.05 bits per heavy atom. The zero-order chi connectivity index (χ0) is 14.6. The summed E-state index contributed by atoms with van der Waals surface area (Å²) in [7, 11) is 0. The minimum Gasteiger partial charge on any atom is -0.312 e. The van der Waals surface area contributed by atoms with Crippen LogP contribution in [0.2, 0.25) is 0 Å². The molecule has 0 aliphatic heterocycles. The van der Waals surface area contributed by atoms with Crippen molar-refractivity contribution in [3.63, 3.8) is 0 Å². The standard InChI is InChI=1S/C18H28FN/c1-17(2,3)20-14-18(11-5-4-6-12-18)13-15-7-9-16(19)10-8-15/h7-10,20H,4-6,11-14H2,1-3H3. The van der Waals surface area contributed by atoms with E-state index in [9.17, 15) is 4.39 Å². The van der Waals surface area contributed by atoms with Crippen LogP contribution >= 0.6 is 0 Å². The molecule has 1 aliphatic rings.